The van der Waals surface area contributed by atoms with E-state index in [9.17, 15) is 14.7 Å². The maximum absolute atomic E-state index is 12.1. The van der Waals surface area contributed by atoms with Crippen molar-refractivity contribution in [3.8, 4) is 5.75 Å². The molecule has 1 fully saturated rings. The van der Waals surface area contributed by atoms with Gasteiger partial charge in [0.1, 0.15) is 5.75 Å². The molecule has 0 aromatic heterocycles. The Kier molecular flexibility index (Phi) is 5.20. The van der Waals surface area contributed by atoms with E-state index in [0.717, 1.165) is 25.9 Å². The third kappa shape index (κ3) is 3.97. The SMILES string of the molecule is CCOc1ccc(C(CC(=O)N2CCCC2)C(=O)O)cc1. The number of amides is 1. The van der Waals surface area contributed by atoms with Gasteiger partial charge in [-0.3, -0.25) is 9.59 Å². The number of rotatable bonds is 6. The molecule has 0 radical (unpaired) electrons. The monoisotopic (exact) mass is 291 g/mol. The molecule has 1 N–H and O–H groups in total. The van der Waals surface area contributed by atoms with E-state index in [1.807, 2.05) is 6.92 Å². The quantitative estimate of drug-likeness (QED) is 0.873. The van der Waals surface area contributed by atoms with Crippen LogP contribution in [0, 0.1) is 0 Å². The molecular weight excluding hydrogens is 270 g/mol. The molecule has 1 aromatic carbocycles. The van der Waals surface area contributed by atoms with Crippen LogP contribution < -0.4 is 4.74 Å². The summed E-state index contributed by atoms with van der Waals surface area (Å²) in [6, 6.07) is 6.94. The molecule has 2 rings (SSSR count). The fraction of sp³-hybridized carbons (Fsp3) is 0.500. The van der Waals surface area contributed by atoms with Crippen LogP contribution in [0.5, 0.6) is 5.75 Å². The van der Waals surface area contributed by atoms with Gasteiger partial charge >= 0.3 is 5.97 Å². The van der Waals surface area contributed by atoms with E-state index in [1.165, 1.54) is 0 Å². The van der Waals surface area contributed by atoms with Gasteiger partial charge in [-0.15, -0.1) is 0 Å². The molecule has 0 bridgehead atoms. The summed E-state index contributed by atoms with van der Waals surface area (Å²) in [7, 11) is 0. The zero-order chi connectivity index (χ0) is 15.2. The average molecular weight is 291 g/mol. The number of hydrogen-bond acceptors (Lipinski definition) is 3. The van der Waals surface area contributed by atoms with Crippen molar-refractivity contribution in [3.05, 3.63) is 29.8 Å². The van der Waals surface area contributed by atoms with Crippen molar-refractivity contribution in [2.45, 2.75) is 32.1 Å². The normalized spacial score (nSPS) is 15.8. The van der Waals surface area contributed by atoms with Crippen LogP contribution in [0.1, 0.15) is 37.7 Å². The summed E-state index contributed by atoms with van der Waals surface area (Å²) >= 11 is 0. The molecule has 5 heteroatoms. The Morgan fingerprint density at radius 2 is 1.86 bits per heavy atom. The number of carboxylic acids is 1. The third-order valence-corrected chi connectivity index (χ3v) is 3.73. The van der Waals surface area contributed by atoms with Gasteiger partial charge in [0.05, 0.1) is 12.5 Å². The van der Waals surface area contributed by atoms with E-state index in [4.69, 9.17) is 4.74 Å². The van der Waals surface area contributed by atoms with Gasteiger partial charge in [0.2, 0.25) is 5.91 Å². The fourth-order valence-corrected chi connectivity index (χ4v) is 2.58. The Labute approximate surface area is 124 Å². The Morgan fingerprint density at radius 1 is 1.24 bits per heavy atom. The second-order valence-electron chi connectivity index (χ2n) is 5.18. The molecule has 114 valence electrons. The first kappa shape index (κ1) is 15.4. The lowest BCUT2D eigenvalue weighted by molar-refractivity contribution is -0.142. The van der Waals surface area contributed by atoms with Crippen molar-refractivity contribution >= 4 is 11.9 Å². The van der Waals surface area contributed by atoms with E-state index in [2.05, 4.69) is 0 Å². The molecule has 1 aliphatic rings. The predicted molar refractivity (Wildman–Crippen MR) is 78.4 cm³/mol. The maximum Gasteiger partial charge on any atom is 0.311 e. The van der Waals surface area contributed by atoms with Crippen molar-refractivity contribution in [2.75, 3.05) is 19.7 Å². The topological polar surface area (TPSA) is 66.8 Å². The molecule has 5 nitrogen and oxygen atoms in total. The molecule has 1 aromatic rings. The van der Waals surface area contributed by atoms with E-state index in [0.29, 0.717) is 17.9 Å². The van der Waals surface area contributed by atoms with Crippen LogP contribution in [0.4, 0.5) is 0 Å². The van der Waals surface area contributed by atoms with Gasteiger partial charge in [-0.2, -0.15) is 0 Å². The molecule has 1 atom stereocenters. The molecule has 1 aliphatic heterocycles. The summed E-state index contributed by atoms with van der Waals surface area (Å²) in [6.45, 7) is 3.95. The van der Waals surface area contributed by atoms with Crippen LogP contribution in [0.25, 0.3) is 0 Å². The van der Waals surface area contributed by atoms with Crippen LogP contribution in [0.15, 0.2) is 24.3 Å². The lowest BCUT2D eigenvalue weighted by atomic mass is 9.95. The Morgan fingerprint density at radius 3 is 2.38 bits per heavy atom. The number of nitrogens with zero attached hydrogens (tertiary/aromatic N) is 1. The molecule has 21 heavy (non-hydrogen) atoms. The lowest BCUT2D eigenvalue weighted by Gasteiger charge is -2.19. The largest absolute Gasteiger partial charge is 0.494 e. The minimum Gasteiger partial charge on any atom is -0.494 e. The standard InChI is InChI=1S/C16H21NO4/c1-2-21-13-7-5-12(6-8-13)14(16(19)20)11-15(18)17-9-3-4-10-17/h5-8,14H,2-4,9-11H2,1H3,(H,19,20). The lowest BCUT2D eigenvalue weighted by Crippen LogP contribution is -2.30. The molecule has 1 amide bonds. The first-order valence-electron chi connectivity index (χ1n) is 7.35. The van der Waals surface area contributed by atoms with Crippen molar-refractivity contribution in [1.82, 2.24) is 4.90 Å². The van der Waals surface area contributed by atoms with Gasteiger partial charge in [-0.05, 0) is 37.5 Å². The van der Waals surface area contributed by atoms with E-state index < -0.39 is 11.9 Å². The zero-order valence-electron chi connectivity index (χ0n) is 12.2. The molecule has 0 aliphatic carbocycles. The van der Waals surface area contributed by atoms with Gasteiger partial charge in [0.15, 0.2) is 0 Å². The third-order valence-electron chi connectivity index (χ3n) is 3.73. The Bertz CT molecular complexity index is 492. The van der Waals surface area contributed by atoms with Gasteiger partial charge in [0.25, 0.3) is 0 Å². The number of ether oxygens (including phenoxy) is 1. The molecule has 1 unspecified atom stereocenters. The first-order chi connectivity index (χ1) is 10.1. The maximum atomic E-state index is 12.1. The van der Waals surface area contributed by atoms with Gasteiger partial charge in [-0.25, -0.2) is 0 Å². The summed E-state index contributed by atoms with van der Waals surface area (Å²) in [4.78, 5) is 25.4. The summed E-state index contributed by atoms with van der Waals surface area (Å²) < 4.78 is 5.34. The zero-order valence-corrected chi connectivity index (χ0v) is 12.2. The van der Waals surface area contributed by atoms with Gasteiger partial charge in [-0.1, -0.05) is 12.1 Å². The first-order valence-corrected chi connectivity index (χ1v) is 7.35. The molecule has 1 saturated heterocycles. The van der Waals surface area contributed by atoms with Crippen LogP contribution in [0.2, 0.25) is 0 Å². The fourth-order valence-electron chi connectivity index (χ4n) is 2.58. The van der Waals surface area contributed by atoms with Gasteiger partial charge < -0.3 is 14.7 Å². The Balaban J connectivity index is 2.07. The van der Waals surface area contributed by atoms with Crippen LogP contribution >= 0.6 is 0 Å². The molecular formula is C16H21NO4. The van der Waals surface area contributed by atoms with E-state index >= 15 is 0 Å². The summed E-state index contributed by atoms with van der Waals surface area (Å²) in [6.07, 6.45) is 2.03. The minimum absolute atomic E-state index is 0.0172. The number of aliphatic carboxylic acids is 1. The molecule has 0 spiro atoms. The van der Waals surface area contributed by atoms with E-state index in [-0.39, 0.29) is 12.3 Å². The van der Waals surface area contributed by atoms with Crippen LogP contribution in [0.3, 0.4) is 0 Å². The molecule has 1 heterocycles. The number of hydrogen-bond donors (Lipinski definition) is 1. The number of carbonyl (C=O) groups is 2. The molecule has 0 saturated carbocycles. The van der Waals surface area contributed by atoms with Gasteiger partial charge in [0, 0.05) is 19.5 Å². The van der Waals surface area contributed by atoms with Crippen molar-refractivity contribution in [1.29, 1.82) is 0 Å². The van der Waals surface area contributed by atoms with Crippen molar-refractivity contribution < 1.29 is 19.4 Å². The Hall–Kier alpha value is -2.04. The minimum atomic E-state index is -0.966. The number of carboxylic acid groups (broad SMARTS) is 1. The summed E-state index contributed by atoms with van der Waals surface area (Å²) in [5.41, 5.74) is 0.638. The van der Waals surface area contributed by atoms with Crippen molar-refractivity contribution in [3.63, 3.8) is 0 Å². The summed E-state index contributed by atoms with van der Waals surface area (Å²) in [5.74, 6) is -1.13. The summed E-state index contributed by atoms with van der Waals surface area (Å²) in [5, 5.41) is 9.39. The number of carbonyl (C=O) groups excluding carboxylic acids is 1. The second kappa shape index (κ2) is 7.11. The van der Waals surface area contributed by atoms with E-state index in [1.54, 1.807) is 29.2 Å². The number of likely N-dealkylation sites (tertiary alicyclic amines) is 1. The second-order valence-corrected chi connectivity index (χ2v) is 5.18. The highest BCUT2D eigenvalue weighted by atomic mass is 16.5. The predicted octanol–water partition coefficient (Wildman–Crippen LogP) is 2.27. The smallest absolute Gasteiger partial charge is 0.311 e. The van der Waals surface area contributed by atoms with Crippen LogP contribution in [-0.4, -0.2) is 41.6 Å². The van der Waals surface area contributed by atoms with Crippen molar-refractivity contribution in [2.24, 2.45) is 0 Å². The highest BCUT2D eigenvalue weighted by Gasteiger charge is 2.27. The van der Waals surface area contributed by atoms with Crippen LogP contribution in [-0.2, 0) is 9.59 Å². The average Bonchev–Trinajstić information content (AvgIpc) is 3.00. The highest BCUT2D eigenvalue weighted by molar-refractivity contribution is 5.85. The number of benzene rings is 1. The highest BCUT2D eigenvalue weighted by Crippen LogP contribution is 2.24.